The molecule has 0 radical (unpaired) electrons. The number of hydrogen-bond donors (Lipinski definition) is 1. The van der Waals surface area contributed by atoms with Gasteiger partial charge in [-0.05, 0) is 12.1 Å². The third-order valence-electron chi connectivity index (χ3n) is 1.21. The predicted octanol–water partition coefficient (Wildman–Crippen LogP) is 2.55. The van der Waals surface area contributed by atoms with Gasteiger partial charge in [-0.25, -0.2) is 4.39 Å². The van der Waals surface area contributed by atoms with Crippen molar-refractivity contribution >= 4 is 5.69 Å². The highest BCUT2D eigenvalue weighted by atomic mass is 19.4. The highest BCUT2D eigenvalue weighted by Crippen LogP contribution is 2.24. The monoisotopic (exact) mass is 197 g/mol. The lowest BCUT2D eigenvalue weighted by Gasteiger charge is -2.08. The highest BCUT2D eigenvalue weighted by Gasteiger charge is 2.31. The molecule has 0 saturated heterocycles. The van der Waals surface area contributed by atoms with Crippen molar-refractivity contribution in [2.75, 3.05) is 5.73 Å². The molecule has 2 N–H and O–H groups in total. The standard InChI is InChI=1S/C7H5F4NO.H2/c8-5-3-4(1-2-6(5)12)13-7(9,10)11;/h1-3H,12H2;1H. The summed E-state index contributed by atoms with van der Waals surface area (Å²) >= 11 is 0. The van der Waals surface area contributed by atoms with E-state index in [0.29, 0.717) is 6.07 Å². The van der Waals surface area contributed by atoms with Crippen LogP contribution in [0.5, 0.6) is 5.75 Å². The molecule has 6 heteroatoms. The van der Waals surface area contributed by atoms with E-state index in [1.165, 1.54) is 0 Å². The molecule has 0 heterocycles. The maximum atomic E-state index is 12.6. The van der Waals surface area contributed by atoms with E-state index in [-0.39, 0.29) is 7.11 Å². The number of alkyl halides is 3. The molecule has 1 rings (SSSR count). The summed E-state index contributed by atoms with van der Waals surface area (Å²) in [6.07, 6.45) is -4.82. The molecule has 0 fully saturated rings. The number of nitrogen functional groups attached to an aromatic ring is 1. The van der Waals surface area contributed by atoms with E-state index < -0.39 is 17.9 Å². The van der Waals surface area contributed by atoms with E-state index in [0.717, 1.165) is 12.1 Å². The van der Waals surface area contributed by atoms with Crippen LogP contribution in [-0.4, -0.2) is 6.36 Å². The SMILES string of the molecule is Nc1ccc(OC(F)(F)F)cc1F.[HH]. The number of halogens is 4. The minimum Gasteiger partial charge on any atom is -0.406 e. The smallest absolute Gasteiger partial charge is 0.406 e. The Kier molecular flexibility index (Phi) is 2.31. The minimum absolute atomic E-state index is 0. The first kappa shape index (κ1) is 9.63. The molecule has 0 unspecified atom stereocenters. The van der Waals surface area contributed by atoms with Gasteiger partial charge in [0.1, 0.15) is 11.6 Å². The van der Waals surface area contributed by atoms with Crippen LogP contribution in [0.2, 0.25) is 0 Å². The summed E-state index contributed by atoms with van der Waals surface area (Å²) in [5, 5.41) is 0. The molecule has 2 nitrogen and oxygen atoms in total. The molecule has 13 heavy (non-hydrogen) atoms. The van der Waals surface area contributed by atoms with Gasteiger partial charge in [-0.15, -0.1) is 13.2 Å². The number of benzene rings is 1. The van der Waals surface area contributed by atoms with E-state index in [1.807, 2.05) is 0 Å². The van der Waals surface area contributed by atoms with Crippen LogP contribution in [0.3, 0.4) is 0 Å². The van der Waals surface area contributed by atoms with Crippen molar-refractivity contribution < 1.29 is 23.7 Å². The molecule has 0 aliphatic rings. The Labute approximate surface area is 72.4 Å². The van der Waals surface area contributed by atoms with Gasteiger partial charge in [-0.1, -0.05) is 0 Å². The lowest BCUT2D eigenvalue weighted by Crippen LogP contribution is -2.17. The van der Waals surface area contributed by atoms with E-state index in [1.54, 1.807) is 0 Å². The van der Waals surface area contributed by atoms with E-state index in [4.69, 9.17) is 5.73 Å². The Hall–Kier alpha value is -1.46. The lowest BCUT2D eigenvalue weighted by atomic mass is 10.3. The fraction of sp³-hybridized carbons (Fsp3) is 0.143. The van der Waals surface area contributed by atoms with Gasteiger partial charge in [0.25, 0.3) is 0 Å². The zero-order valence-corrected chi connectivity index (χ0v) is 6.23. The summed E-state index contributed by atoms with van der Waals surface area (Å²) in [5.74, 6) is -1.57. The summed E-state index contributed by atoms with van der Waals surface area (Å²) in [7, 11) is 0. The summed E-state index contributed by atoms with van der Waals surface area (Å²) in [4.78, 5) is 0. The Bertz CT molecular complexity index is 315. The second-order valence-electron chi connectivity index (χ2n) is 2.23. The highest BCUT2D eigenvalue weighted by molar-refractivity contribution is 5.43. The van der Waals surface area contributed by atoms with Crippen LogP contribution in [0.15, 0.2) is 18.2 Å². The topological polar surface area (TPSA) is 35.2 Å². The van der Waals surface area contributed by atoms with Crippen LogP contribution in [0.25, 0.3) is 0 Å². The van der Waals surface area contributed by atoms with Crippen molar-refractivity contribution in [1.82, 2.24) is 0 Å². The van der Waals surface area contributed by atoms with Gasteiger partial charge in [0.2, 0.25) is 0 Å². The minimum atomic E-state index is -4.82. The third kappa shape index (κ3) is 2.81. The van der Waals surface area contributed by atoms with Crippen LogP contribution in [0, 0.1) is 5.82 Å². The predicted molar refractivity (Wildman–Crippen MR) is 39.6 cm³/mol. The van der Waals surface area contributed by atoms with Gasteiger partial charge in [-0.3, -0.25) is 0 Å². The summed E-state index contributed by atoms with van der Waals surface area (Å²) in [5.41, 5.74) is 4.81. The number of hydrogen-bond acceptors (Lipinski definition) is 2. The third-order valence-corrected chi connectivity index (χ3v) is 1.21. The first-order chi connectivity index (χ1) is 5.88. The van der Waals surface area contributed by atoms with Crippen LogP contribution in [-0.2, 0) is 0 Å². The number of anilines is 1. The van der Waals surface area contributed by atoms with Crippen LogP contribution in [0.4, 0.5) is 23.2 Å². The van der Waals surface area contributed by atoms with Crippen molar-refractivity contribution in [3.05, 3.63) is 24.0 Å². The summed E-state index contributed by atoms with van der Waals surface area (Å²) in [6.45, 7) is 0. The second-order valence-corrected chi connectivity index (χ2v) is 2.23. The number of rotatable bonds is 1. The molecule has 1 aromatic rings. The van der Waals surface area contributed by atoms with Crippen molar-refractivity contribution in [1.29, 1.82) is 0 Å². The van der Waals surface area contributed by atoms with Crippen LogP contribution >= 0.6 is 0 Å². The molecule has 74 valence electrons. The average Bonchev–Trinajstić information content (AvgIpc) is 1.94. The fourth-order valence-corrected chi connectivity index (χ4v) is 0.705. The van der Waals surface area contributed by atoms with Gasteiger partial charge >= 0.3 is 6.36 Å². The van der Waals surface area contributed by atoms with Gasteiger partial charge in [-0.2, -0.15) is 0 Å². The molecule has 0 aromatic heterocycles. The Morgan fingerprint density at radius 1 is 1.31 bits per heavy atom. The number of nitrogens with two attached hydrogens (primary N) is 1. The Morgan fingerprint density at radius 3 is 2.38 bits per heavy atom. The zero-order chi connectivity index (χ0) is 10.1. The molecule has 0 amide bonds. The maximum Gasteiger partial charge on any atom is 0.573 e. The zero-order valence-electron chi connectivity index (χ0n) is 6.23. The summed E-state index contributed by atoms with van der Waals surface area (Å²) in [6, 6.07) is 2.51. The first-order valence-corrected chi connectivity index (χ1v) is 3.19. The second kappa shape index (κ2) is 3.12. The van der Waals surface area contributed by atoms with Gasteiger partial charge < -0.3 is 10.5 Å². The van der Waals surface area contributed by atoms with Crippen LogP contribution in [0.1, 0.15) is 1.43 Å². The van der Waals surface area contributed by atoms with E-state index in [2.05, 4.69) is 4.74 Å². The van der Waals surface area contributed by atoms with Crippen molar-refractivity contribution in [3.63, 3.8) is 0 Å². The molecule has 0 spiro atoms. The van der Waals surface area contributed by atoms with Crippen molar-refractivity contribution in [2.24, 2.45) is 0 Å². The lowest BCUT2D eigenvalue weighted by molar-refractivity contribution is -0.274. The molecular weight excluding hydrogens is 190 g/mol. The largest absolute Gasteiger partial charge is 0.573 e. The fourth-order valence-electron chi connectivity index (χ4n) is 0.705. The number of ether oxygens (including phenoxy) is 1. The van der Waals surface area contributed by atoms with Gasteiger partial charge in [0.05, 0.1) is 5.69 Å². The van der Waals surface area contributed by atoms with Crippen molar-refractivity contribution in [2.45, 2.75) is 6.36 Å². The van der Waals surface area contributed by atoms with E-state index in [9.17, 15) is 17.6 Å². The molecule has 0 aliphatic carbocycles. The van der Waals surface area contributed by atoms with Gasteiger partial charge in [0.15, 0.2) is 0 Å². The first-order valence-electron chi connectivity index (χ1n) is 3.19. The Morgan fingerprint density at radius 2 is 1.92 bits per heavy atom. The quantitative estimate of drug-likeness (QED) is 0.554. The summed E-state index contributed by atoms with van der Waals surface area (Å²) < 4.78 is 50.8. The molecule has 0 bridgehead atoms. The molecule has 0 aliphatic heterocycles. The van der Waals surface area contributed by atoms with Gasteiger partial charge in [0, 0.05) is 7.49 Å². The maximum absolute atomic E-state index is 12.6. The molecule has 1 aromatic carbocycles. The van der Waals surface area contributed by atoms with E-state index >= 15 is 0 Å². The molecule has 0 saturated carbocycles. The van der Waals surface area contributed by atoms with Crippen molar-refractivity contribution in [3.8, 4) is 5.75 Å². The molecule has 0 atom stereocenters. The van der Waals surface area contributed by atoms with Crippen LogP contribution < -0.4 is 10.5 Å². The average molecular weight is 197 g/mol. The normalized spacial score (nSPS) is 11.4. The Balaban J connectivity index is 0.00000169. The molecular formula is C7H7F4NO.